The zero-order valence-electron chi connectivity index (χ0n) is 12.6. The van der Waals surface area contributed by atoms with Gasteiger partial charge in [0.1, 0.15) is 0 Å². The first-order chi connectivity index (χ1) is 10.6. The van der Waals surface area contributed by atoms with Crippen molar-refractivity contribution in [2.75, 3.05) is 13.7 Å². The molecular weight excluding hydrogens is 280 g/mol. The SMILES string of the molecule is COC(=O)c1c(CCO)cccc1-c1ccc(C(C)=O)cc1. The lowest BCUT2D eigenvalue weighted by atomic mass is 9.93. The number of Topliss-reactive ketones (excluding diaryl/α,β-unsaturated/α-hetero) is 1. The summed E-state index contributed by atoms with van der Waals surface area (Å²) in [6.07, 6.45) is 0.379. The van der Waals surface area contributed by atoms with Crippen molar-refractivity contribution in [2.45, 2.75) is 13.3 Å². The van der Waals surface area contributed by atoms with Crippen LogP contribution in [0, 0.1) is 0 Å². The number of carbonyl (C=O) groups excluding carboxylic acids is 2. The number of carbonyl (C=O) groups is 2. The molecule has 2 aromatic carbocycles. The van der Waals surface area contributed by atoms with Gasteiger partial charge in [0.15, 0.2) is 5.78 Å². The molecule has 0 fully saturated rings. The Morgan fingerprint density at radius 2 is 1.77 bits per heavy atom. The van der Waals surface area contributed by atoms with E-state index in [0.717, 1.165) is 16.7 Å². The quantitative estimate of drug-likeness (QED) is 0.681. The highest BCUT2D eigenvalue weighted by molar-refractivity contribution is 5.99. The average molecular weight is 298 g/mol. The van der Waals surface area contributed by atoms with E-state index in [-0.39, 0.29) is 12.4 Å². The minimum Gasteiger partial charge on any atom is -0.465 e. The van der Waals surface area contributed by atoms with Gasteiger partial charge in [-0.2, -0.15) is 0 Å². The molecule has 0 aliphatic carbocycles. The van der Waals surface area contributed by atoms with Gasteiger partial charge in [0.05, 0.1) is 12.7 Å². The van der Waals surface area contributed by atoms with Crippen molar-refractivity contribution < 1.29 is 19.4 Å². The number of rotatable bonds is 5. The highest BCUT2D eigenvalue weighted by atomic mass is 16.5. The Hall–Kier alpha value is -2.46. The summed E-state index contributed by atoms with van der Waals surface area (Å²) in [4.78, 5) is 23.5. The molecule has 0 atom stereocenters. The zero-order chi connectivity index (χ0) is 16.1. The fourth-order valence-corrected chi connectivity index (χ4v) is 2.40. The fraction of sp³-hybridized carbons (Fsp3) is 0.222. The van der Waals surface area contributed by atoms with Crippen LogP contribution in [0.25, 0.3) is 11.1 Å². The van der Waals surface area contributed by atoms with Gasteiger partial charge in [0.25, 0.3) is 0 Å². The predicted octanol–water partition coefficient (Wildman–Crippen LogP) is 2.88. The van der Waals surface area contributed by atoms with E-state index in [2.05, 4.69) is 0 Å². The van der Waals surface area contributed by atoms with Crippen molar-refractivity contribution in [2.24, 2.45) is 0 Å². The predicted molar refractivity (Wildman–Crippen MR) is 84.0 cm³/mol. The van der Waals surface area contributed by atoms with Crippen LogP contribution in [0.3, 0.4) is 0 Å². The monoisotopic (exact) mass is 298 g/mol. The van der Waals surface area contributed by atoms with Crippen LogP contribution in [-0.4, -0.2) is 30.6 Å². The van der Waals surface area contributed by atoms with E-state index < -0.39 is 5.97 Å². The Bertz CT molecular complexity index is 687. The molecule has 22 heavy (non-hydrogen) atoms. The van der Waals surface area contributed by atoms with Crippen LogP contribution >= 0.6 is 0 Å². The zero-order valence-corrected chi connectivity index (χ0v) is 12.6. The lowest BCUT2D eigenvalue weighted by Crippen LogP contribution is -2.09. The lowest BCUT2D eigenvalue weighted by Gasteiger charge is -2.13. The maximum Gasteiger partial charge on any atom is 0.338 e. The van der Waals surface area contributed by atoms with Crippen LogP contribution in [-0.2, 0) is 11.2 Å². The summed E-state index contributed by atoms with van der Waals surface area (Å²) in [7, 11) is 1.33. The Morgan fingerprint density at radius 1 is 1.09 bits per heavy atom. The van der Waals surface area contributed by atoms with E-state index in [1.165, 1.54) is 14.0 Å². The van der Waals surface area contributed by atoms with Crippen LogP contribution < -0.4 is 0 Å². The molecule has 4 nitrogen and oxygen atoms in total. The number of ether oxygens (including phenoxy) is 1. The van der Waals surface area contributed by atoms with Crippen LogP contribution in [0.1, 0.15) is 33.2 Å². The standard InChI is InChI=1S/C18H18O4/c1-12(20)13-6-8-14(9-7-13)16-5-3-4-15(10-11-19)17(16)18(21)22-2/h3-9,19H,10-11H2,1-2H3. The van der Waals surface area contributed by atoms with E-state index in [9.17, 15) is 9.59 Å². The van der Waals surface area contributed by atoms with Gasteiger partial charge < -0.3 is 9.84 Å². The van der Waals surface area contributed by atoms with E-state index in [0.29, 0.717) is 17.5 Å². The lowest BCUT2D eigenvalue weighted by molar-refractivity contribution is 0.0600. The van der Waals surface area contributed by atoms with Gasteiger partial charge in [-0.25, -0.2) is 4.79 Å². The molecule has 0 aliphatic heterocycles. The fourth-order valence-electron chi connectivity index (χ4n) is 2.40. The van der Waals surface area contributed by atoms with Crippen molar-refractivity contribution >= 4 is 11.8 Å². The number of hydrogen-bond donors (Lipinski definition) is 1. The summed E-state index contributed by atoms with van der Waals surface area (Å²) in [6.45, 7) is 1.47. The molecule has 0 bridgehead atoms. The van der Waals surface area contributed by atoms with Crippen LogP contribution in [0.15, 0.2) is 42.5 Å². The topological polar surface area (TPSA) is 63.6 Å². The minimum atomic E-state index is -0.435. The van der Waals surface area contributed by atoms with E-state index in [1.54, 1.807) is 30.3 Å². The first-order valence-corrected chi connectivity index (χ1v) is 7.01. The number of esters is 1. The van der Waals surface area contributed by atoms with E-state index >= 15 is 0 Å². The summed E-state index contributed by atoms with van der Waals surface area (Å²) in [5.74, 6) is -0.441. The molecule has 2 aromatic rings. The Kier molecular flexibility index (Phi) is 5.07. The summed E-state index contributed by atoms with van der Waals surface area (Å²) < 4.78 is 4.87. The van der Waals surface area contributed by atoms with E-state index in [4.69, 9.17) is 9.84 Å². The number of aliphatic hydroxyl groups excluding tert-OH is 1. The summed E-state index contributed by atoms with van der Waals surface area (Å²) in [6, 6.07) is 12.6. The third kappa shape index (κ3) is 3.23. The first kappa shape index (κ1) is 15.9. The molecule has 0 aliphatic rings. The van der Waals surface area contributed by atoms with Gasteiger partial charge in [-0.3, -0.25) is 4.79 Å². The third-order valence-corrected chi connectivity index (χ3v) is 3.52. The molecule has 114 valence electrons. The number of ketones is 1. The number of hydrogen-bond acceptors (Lipinski definition) is 4. The van der Waals surface area contributed by atoms with Crippen molar-refractivity contribution in [3.63, 3.8) is 0 Å². The Balaban J connectivity index is 2.56. The van der Waals surface area contributed by atoms with E-state index in [1.807, 2.05) is 12.1 Å². The van der Waals surface area contributed by atoms with Crippen LogP contribution in [0.2, 0.25) is 0 Å². The van der Waals surface area contributed by atoms with Gasteiger partial charge in [-0.05, 0) is 30.0 Å². The molecule has 0 spiro atoms. The van der Waals surface area contributed by atoms with Crippen LogP contribution in [0.5, 0.6) is 0 Å². The number of benzene rings is 2. The second-order valence-electron chi connectivity index (χ2n) is 4.94. The highest BCUT2D eigenvalue weighted by Crippen LogP contribution is 2.28. The molecule has 0 amide bonds. The largest absolute Gasteiger partial charge is 0.465 e. The van der Waals surface area contributed by atoms with Crippen LogP contribution in [0.4, 0.5) is 0 Å². The molecule has 1 N–H and O–H groups in total. The first-order valence-electron chi connectivity index (χ1n) is 7.01. The summed E-state index contributed by atoms with van der Waals surface area (Å²) in [5.41, 5.74) is 3.37. The normalized spacial score (nSPS) is 10.3. The molecule has 0 aromatic heterocycles. The maximum absolute atomic E-state index is 12.1. The molecule has 0 heterocycles. The molecule has 4 heteroatoms. The summed E-state index contributed by atoms with van der Waals surface area (Å²) in [5, 5.41) is 9.17. The number of methoxy groups -OCH3 is 1. The highest BCUT2D eigenvalue weighted by Gasteiger charge is 2.17. The Morgan fingerprint density at radius 3 is 2.32 bits per heavy atom. The molecule has 2 rings (SSSR count). The molecule has 0 saturated heterocycles. The second kappa shape index (κ2) is 7.00. The van der Waals surface area contributed by atoms with Crippen molar-refractivity contribution in [3.05, 3.63) is 59.2 Å². The smallest absolute Gasteiger partial charge is 0.338 e. The second-order valence-corrected chi connectivity index (χ2v) is 4.94. The van der Waals surface area contributed by atoms with Gasteiger partial charge in [-0.1, -0.05) is 42.5 Å². The van der Waals surface area contributed by atoms with Gasteiger partial charge >= 0.3 is 5.97 Å². The maximum atomic E-state index is 12.1. The molecule has 0 radical (unpaired) electrons. The number of aliphatic hydroxyl groups is 1. The van der Waals surface area contributed by atoms with Crippen molar-refractivity contribution in [1.29, 1.82) is 0 Å². The van der Waals surface area contributed by atoms with Crippen molar-refractivity contribution in [3.8, 4) is 11.1 Å². The molecular formula is C18H18O4. The van der Waals surface area contributed by atoms with Gasteiger partial charge in [0, 0.05) is 12.2 Å². The van der Waals surface area contributed by atoms with Gasteiger partial charge in [0.2, 0.25) is 0 Å². The van der Waals surface area contributed by atoms with Gasteiger partial charge in [-0.15, -0.1) is 0 Å². The molecule has 0 unspecified atom stereocenters. The Labute approximate surface area is 129 Å². The third-order valence-electron chi connectivity index (χ3n) is 3.52. The average Bonchev–Trinajstić information content (AvgIpc) is 2.54. The van der Waals surface area contributed by atoms with Crippen molar-refractivity contribution in [1.82, 2.24) is 0 Å². The minimum absolute atomic E-state index is 0.00577. The summed E-state index contributed by atoms with van der Waals surface area (Å²) >= 11 is 0. The molecule has 0 saturated carbocycles.